The standard InChI is InChI=1S/C17H26N2O5/c1-11(2)9-14(15(20)18-12(3)16(21)22)19-17(23)24-10-13-7-5-4-6-8-13/h4-8,11-12,14,16,21-22H,9-10H2,1-3H3,(H,18,20)(H,19,23). The van der Waals surface area contributed by atoms with Crippen LogP contribution in [0.2, 0.25) is 0 Å². The summed E-state index contributed by atoms with van der Waals surface area (Å²) in [6.45, 7) is 5.40. The van der Waals surface area contributed by atoms with Gasteiger partial charge in [0.15, 0.2) is 6.29 Å². The molecule has 2 amide bonds. The minimum atomic E-state index is -1.67. The molecule has 1 aromatic carbocycles. The van der Waals surface area contributed by atoms with E-state index in [0.29, 0.717) is 6.42 Å². The quantitative estimate of drug-likeness (QED) is 0.532. The van der Waals surface area contributed by atoms with Crippen LogP contribution in [0.25, 0.3) is 0 Å². The van der Waals surface area contributed by atoms with Crippen LogP contribution < -0.4 is 10.6 Å². The maximum absolute atomic E-state index is 12.2. The molecule has 2 atom stereocenters. The van der Waals surface area contributed by atoms with E-state index in [9.17, 15) is 9.59 Å². The molecule has 1 aromatic rings. The number of nitrogens with one attached hydrogen (secondary N) is 2. The van der Waals surface area contributed by atoms with E-state index in [1.165, 1.54) is 6.92 Å². The monoisotopic (exact) mass is 338 g/mol. The average Bonchev–Trinajstić information content (AvgIpc) is 2.52. The van der Waals surface area contributed by atoms with E-state index in [1.54, 1.807) is 0 Å². The van der Waals surface area contributed by atoms with Crippen LogP contribution in [0.4, 0.5) is 4.79 Å². The molecule has 0 bridgehead atoms. The Labute approximate surface area is 142 Å². The predicted molar refractivity (Wildman–Crippen MR) is 88.8 cm³/mol. The molecule has 0 saturated carbocycles. The smallest absolute Gasteiger partial charge is 0.408 e. The van der Waals surface area contributed by atoms with Crippen LogP contribution in [0, 0.1) is 5.92 Å². The Morgan fingerprint density at radius 3 is 2.25 bits per heavy atom. The molecule has 2 unspecified atom stereocenters. The van der Waals surface area contributed by atoms with Crippen molar-refractivity contribution in [3.8, 4) is 0 Å². The summed E-state index contributed by atoms with van der Waals surface area (Å²) in [5.74, 6) is -0.328. The highest BCUT2D eigenvalue weighted by molar-refractivity contribution is 5.85. The molecule has 0 saturated heterocycles. The normalized spacial score (nSPS) is 13.5. The Kier molecular flexibility index (Phi) is 8.21. The summed E-state index contributed by atoms with van der Waals surface area (Å²) in [4.78, 5) is 24.1. The summed E-state index contributed by atoms with van der Waals surface area (Å²) in [7, 11) is 0. The molecule has 0 fully saturated rings. The van der Waals surface area contributed by atoms with Gasteiger partial charge in [0.05, 0.1) is 6.04 Å². The molecular weight excluding hydrogens is 312 g/mol. The molecule has 7 heteroatoms. The van der Waals surface area contributed by atoms with Gasteiger partial charge in [0.2, 0.25) is 5.91 Å². The fourth-order valence-corrected chi connectivity index (χ4v) is 2.01. The fraction of sp³-hybridized carbons (Fsp3) is 0.529. The maximum atomic E-state index is 12.2. The van der Waals surface area contributed by atoms with E-state index < -0.39 is 30.4 Å². The zero-order valence-electron chi connectivity index (χ0n) is 14.2. The van der Waals surface area contributed by atoms with E-state index in [1.807, 2.05) is 44.2 Å². The van der Waals surface area contributed by atoms with E-state index in [2.05, 4.69) is 10.6 Å². The van der Waals surface area contributed by atoms with Crippen molar-refractivity contribution in [1.82, 2.24) is 10.6 Å². The van der Waals surface area contributed by atoms with Gasteiger partial charge >= 0.3 is 6.09 Å². The predicted octanol–water partition coefficient (Wildman–Crippen LogP) is 1.14. The van der Waals surface area contributed by atoms with Gasteiger partial charge in [-0.05, 0) is 24.8 Å². The highest BCUT2D eigenvalue weighted by atomic mass is 16.5. The molecule has 7 nitrogen and oxygen atoms in total. The molecule has 0 aliphatic carbocycles. The second kappa shape index (κ2) is 9.89. The van der Waals surface area contributed by atoms with Gasteiger partial charge in [0.25, 0.3) is 0 Å². The van der Waals surface area contributed by atoms with Gasteiger partial charge in [-0.1, -0.05) is 44.2 Å². The molecule has 0 aliphatic heterocycles. The van der Waals surface area contributed by atoms with Crippen molar-refractivity contribution in [3.05, 3.63) is 35.9 Å². The number of hydrogen-bond acceptors (Lipinski definition) is 5. The van der Waals surface area contributed by atoms with Crippen molar-refractivity contribution in [2.24, 2.45) is 5.92 Å². The van der Waals surface area contributed by atoms with Crippen molar-refractivity contribution in [3.63, 3.8) is 0 Å². The summed E-state index contributed by atoms with van der Waals surface area (Å²) >= 11 is 0. The van der Waals surface area contributed by atoms with Gasteiger partial charge in [-0.15, -0.1) is 0 Å². The first-order valence-electron chi connectivity index (χ1n) is 7.93. The molecule has 0 heterocycles. The molecule has 0 radical (unpaired) electrons. The van der Waals surface area contributed by atoms with Crippen LogP contribution in [0.3, 0.4) is 0 Å². The van der Waals surface area contributed by atoms with E-state index in [4.69, 9.17) is 14.9 Å². The molecule has 4 N–H and O–H groups in total. The second-order valence-electron chi connectivity index (χ2n) is 6.10. The first-order valence-corrected chi connectivity index (χ1v) is 7.93. The minimum Gasteiger partial charge on any atom is -0.445 e. The highest BCUT2D eigenvalue weighted by Crippen LogP contribution is 2.07. The van der Waals surface area contributed by atoms with Gasteiger partial charge in [-0.3, -0.25) is 4.79 Å². The van der Waals surface area contributed by atoms with Crippen LogP contribution in [-0.2, 0) is 16.1 Å². The van der Waals surface area contributed by atoms with Crippen molar-refractivity contribution in [1.29, 1.82) is 0 Å². The van der Waals surface area contributed by atoms with Gasteiger partial charge in [0, 0.05) is 0 Å². The third-order valence-electron chi connectivity index (χ3n) is 3.35. The summed E-state index contributed by atoms with van der Waals surface area (Å²) < 4.78 is 5.11. The fourth-order valence-electron chi connectivity index (χ4n) is 2.01. The van der Waals surface area contributed by atoms with Gasteiger partial charge in [0.1, 0.15) is 12.6 Å². The summed E-state index contributed by atoms with van der Waals surface area (Å²) in [6, 6.07) is 7.55. The van der Waals surface area contributed by atoms with Crippen LogP contribution >= 0.6 is 0 Å². The molecule has 0 spiro atoms. The Balaban J connectivity index is 2.57. The number of carbonyl (C=O) groups excluding carboxylic acids is 2. The number of amides is 2. The number of rotatable bonds is 8. The van der Waals surface area contributed by atoms with Crippen LogP contribution in [-0.4, -0.2) is 40.6 Å². The zero-order valence-corrected chi connectivity index (χ0v) is 14.2. The van der Waals surface area contributed by atoms with E-state index >= 15 is 0 Å². The van der Waals surface area contributed by atoms with Gasteiger partial charge < -0.3 is 25.6 Å². The van der Waals surface area contributed by atoms with Crippen LogP contribution in [0.1, 0.15) is 32.8 Å². The Hall–Kier alpha value is -2.12. The lowest BCUT2D eigenvalue weighted by Crippen LogP contribution is -2.52. The largest absolute Gasteiger partial charge is 0.445 e. The van der Waals surface area contributed by atoms with Crippen LogP contribution in [0.5, 0.6) is 0 Å². The second-order valence-corrected chi connectivity index (χ2v) is 6.10. The minimum absolute atomic E-state index is 0.106. The average molecular weight is 338 g/mol. The van der Waals surface area contributed by atoms with Crippen molar-refractivity contribution in [2.45, 2.75) is 52.2 Å². The third kappa shape index (κ3) is 7.43. The molecular formula is C17H26N2O5. The maximum Gasteiger partial charge on any atom is 0.408 e. The molecule has 1 rings (SSSR count). The summed E-state index contributed by atoms with van der Waals surface area (Å²) in [5.41, 5.74) is 0.842. The van der Waals surface area contributed by atoms with Crippen molar-refractivity contribution in [2.75, 3.05) is 0 Å². The number of aliphatic hydroxyl groups is 2. The van der Waals surface area contributed by atoms with Crippen LogP contribution in [0.15, 0.2) is 30.3 Å². The number of alkyl carbamates (subject to hydrolysis) is 1. The molecule has 134 valence electrons. The van der Waals surface area contributed by atoms with E-state index in [-0.39, 0.29) is 12.5 Å². The SMILES string of the molecule is CC(C)CC(NC(=O)OCc1ccccc1)C(=O)NC(C)C(O)O. The molecule has 0 aromatic heterocycles. The Bertz CT molecular complexity index is 519. The lowest BCUT2D eigenvalue weighted by atomic mass is 10.0. The molecule has 24 heavy (non-hydrogen) atoms. The third-order valence-corrected chi connectivity index (χ3v) is 3.35. The Morgan fingerprint density at radius 2 is 1.71 bits per heavy atom. The van der Waals surface area contributed by atoms with Crippen molar-refractivity contribution < 1.29 is 24.5 Å². The number of benzene rings is 1. The summed E-state index contributed by atoms with van der Waals surface area (Å²) in [6.07, 6.45) is -1.96. The number of ether oxygens (including phenoxy) is 1. The first-order chi connectivity index (χ1) is 11.3. The van der Waals surface area contributed by atoms with Crippen molar-refractivity contribution >= 4 is 12.0 Å². The highest BCUT2D eigenvalue weighted by Gasteiger charge is 2.25. The summed E-state index contributed by atoms with van der Waals surface area (Å²) in [5, 5.41) is 23.1. The number of carbonyl (C=O) groups is 2. The van der Waals surface area contributed by atoms with E-state index in [0.717, 1.165) is 5.56 Å². The molecule has 0 aliphatic rings. The van der Waals surface area contributed by atoms with Gasteiger partial charge in [-0.2, -0.15) is 0 Å². The van der Waals surface area contributed by atoms with Gasteiger partial charge in [-0.25, -0.2) is 4.79 Å². The lowest BCUT2D eigenvalue weighted by Gasteiger charge is -2.23. The lowest BCUT2D eigenvalue weighted by molar-refractivity contribution is -0.128. The topological polar surface area (TPSA) is 108 Å². The zero-order chi connectivity index (χ0) is 18.1. The Morgan fingerprint density at radius 1 is 1.08 bits per heavy atom. The number of aliphatic hydroxyl groups excluding tert-OH is 1. The first kappa shape index (κ1) is 19.9. The number of hydrogen-bond donors (Lipinski definition) is 4.